The van der Waals surface area contributed by atoms with Crippen LogP contribution < -0.4 is 11.1 Å². The van der Waals surface area contributed by atoms with Crippen molar-refractivity contribution in [1.82, 2.24) is 15.0 Å². The fraction of sp³-hybridized carbons (Fsp3) is 0.348. The lowest BCUT2D eigenvalue weighted by Gasteiger charge is -2.33. The van der Waals surface area contributed by atoms with E-state index in [2.05, 4.69) is 42.3 Å². The number of fused-ring (bicyclic) bond motifs is 1. The van der Waals surface area contributed by atoms with Gasteiger partial charge in [0.2, 0.25) is 0 Å². The molecule has 0 saturated heterocycles. The first-order chi connectivity index (χ1) is 13.6. The van der Waals surface area contributed by atoms with Gasteiger partial charge in [-0.05, 0) is 68.5 Å². The lowest BCUT2D eigenvalue weighted by atomic mass is 9.83. The van der Waals surface area contributed by atoms with Crippen LogP contribution in [0.5, 0.6) is 0 Å². The molecule has 8 heteroatoms. The Labute approximate surface area is 202 Å². The first kappa shape index (κ1) is 27.1. The van der Waals surface area contributed by atoms with Gasteiger partial charge in [-0.25, -0.2) is 9.97 Å². The van der Waals surface area contributed by atoms with E-state index in [1.54, 1.807) is 6.20 Å². The third-order valence-electron chi connectivity index (χ3n) is 5.49. The standard InChI is InChI=1S/C23H27N5.3ClH/c1-15-6-9-21-19(13-15)23(27-20-10-7-17(24)14-16(20)2)28-22(26-21)11-8-18-5-3-4-12-25-18;;;/h3-6,8-9,11-13,16-17,20H,7,10,14,24H2,1-2H3,(H,26,27,28);3*1H/b11-8+;;;/t16-,17+,20-;;;/m1.../s1. The van der Waals surface area contributed by atoms with E-state index in [9.17, 15) is 0 Å². The molecule has 0 bridgehead atoms. The smallest absolute Gasteiger partial charge is 0.155 e. The molecule has 3 atom stereocenters. The Morgan fingerprint density at radius 2 is 1.84 bits per heavy atom. The number of nitrogens with one attached hydrogen (secondary N) is 1. The molecule has 2 heterocycles. The van der Waals surface area contributed by atoms with Crippen molar-refractivity contribution in [3.8, 4) is 0 Å². The molecule has 1 saturated carbocycles. The molecule has 0 spiro atoms. The highest BCUT2D eigenvalue weighted by Gasteiger charge is 2.26. The highest BCUT2D eigenvalue weighted by molar-refractivity contribution is 5.90. The third-order valence-corrected chi connectivity index (χ3v) is 5.49. The fourth-order valence-corrected chi connectivity index (χ4v) is 3.91. The van der Waals surface area contributed by atoms with Gasteiger partial charge in [-0.1, -0.05) is 24.6 Å². The molecule has 0 unspecified atom stereocenters. The molecular formula is C23H30Cl3N5. The van der Waals surface area contributed by atoms with E-state index in [0.717, 1.165) is 41.7 Å². The molecule has 31 heavy (non-hydrogen) atoms. The van der Waals surface area contributed by atoms with E-state index in [1.807, 2.05) is 30.4 Å². The van der Waals surface area contributed by atoms with Crippen molar-refractivity contribution >= 4 is 66.1 Å². The zero-order chi connectivity index (χ0) is 19.5. The minimum Gasteiger partial charge on any atom is -0.366 e. The summed E-state index contributed by atoms with van der Waals surface area (Å²) in [5.74, 6) is 2.11. The van der Waals surface area contributed by atoms with Crippen LogP contribution in [0.4, 0.5) is 5.82 Å². The maximum absolute atomic E-state index is 6.14. The Kier molecular flexibility index (Phi) is 10.7. The molecule has 0 amide bonds. The molecule has 1 aromatic carbocycles. The topological polar surface area (TPSA) is 76.7 Å². The van der Waals surface area contributed by atoms with Gasteiger partial charge in [0, 0.05) is 23.7 Å². The molecule has 1 fully saturated rings. The summed E-state index contributed by atoms with van der Waals surface area (Å²) in [6.07, 6.45) is 8.82. The van der Waals surface area contributed by atoms with Gasteiger partial charge >= 0.3 is 0 Å². The maximum Gasteiger partial charge on any atom is 0.155 e. The molecule has 1 aliphatic carbocycles. The van der Waals surface area contributed by atoms with Crippen LogP contribution in [-0.2, 0) is 0 Å². The second-order valence-electron chi connectivity index (χ2n) is 7.84. The van der Waals surface area contributed by atoms with Crippen LogP contribution in [0.2, 0.25) is 0 Å². The number of nitrogens with two attached hydrogens (primary N) is 1. The highest BCUT2D eigenvalue weighted by Crippen LogP contribution is 2.29. The molecule has 1 aliphatic rings. The van der Waals surface area contributed by atoms with E-state index >= 15 is 0 Å². The van der Waals surface area contributed by atoms with Crippen LogP contribution in [0.1, 0.15) is 43.3 Å². The number of hydrogen-bond acceptors (Lipinski definition) is 5. The highest BCUT2D eigenvalue weighted by atomic mass is 35.5. The predicted molar refractivity (Wildman–Crippen MR) is 138 cm³/mol. The van der Waals surface area contributed by atoms with E-state index in [0.29, 0.717) is 23.8 Å². The SMILES string of the molecule is Cc1ccc2nc(/C=C/c3ccccn3)nc(N[C@@H]3CC[C@H](N)C[C@H]3C)c2c1.Cl.Cl.Cl. The second kappa shape index (κ2) is 12.2. The summed E-state index contributed by atoms with van der Waals surface area (Å²) in [6, 6.07) is 12.9. The zero-order valence-corrected chi connectivity index (χ0v) is 20.1. The van der Waals surface area contributed by atoms with Crippen molar-refractivity contribution in [2.24, 2.45) is 11.7 Å². The van der Waals surface area contributed by atoms with Crippen LogP contribution >= 0.6 is 37.2 Å². The molecule has 3 N–H and O–H groups in total. The Morgan fingerprint density at radius 1 is 1.03 bits per heavy atom. The van der Waals surface area contributed by atoms with Crippen molar-refractivity contribution < 1.29 is 0 Å². The minimum atomic E-state index is 0. The summed E-state index contributed by atoms with van der Waals surface area (Å²) < 4.78 is 0. The molecule has 5 nitrogen and oxygen atoms in total. The summed E-state index contributed by atoms with van der Waals surface area (Å²) in [5.41, 5.74) is 9.18. The molecule has 4 rings (SSSR count). The Balaban J connectivity index is 0.00000160. The average Bonchev–Trinajstić information content (AvgIpc) is 2.69. The average molecular weight is 483 g/mol. The number of anilines is 1. The van der Waals surface area contributed by atoms with E-state index in [1.165, 1.54) is 5.56 Å². The summed E-state index contributed by atoms with van der Waals surface area (Å²) in [7, 11) is 0. The summed E-state index contributed by atoms with van der Waals surface area (Å²) in [6.45, 7) is 4.37. The number of nitrogens with zero attached hydrogens (tertiary/aromatic N) is 3. The number of pyridine rings is 1. The normalized spacial score (nSPS) is 20.4. The van der Waals surface area contributed by atoms with E-state index < -0.39 is 0 Å². The number of hydrogen-bond donors (Lipinski definition) is 2. The van der Waals surface area contributed by atoms with E-state index in [4.69, 9.17) is 15.7 Å². The van der Waals surface area contributed by atoms with Crippen LogP contribution in [0, 0.1) is 12.8 Å². The van der Waals surface area contributed by atoms with E-state index in [-0.39, 0.29) is 37.2 Å². The van der Waals surface area contributed by atoms with Crippen molar-refractivity contribution in [2.45, 2.75) is 45.2 Å². The Morgan fingerprint density at radius 3 is 2.55 bits per heavy atom. The summed E-state index contributed by atoms with van der Waals surface area (Å²) in [4.78, 5) is 13.9. The number of aromatic nitrogens is 3. The molecule has 0 aliphatic heterocycles. The quantitative estimate of drug-likeness (QED) is 0.499. The molecule has 0 radical (unpaired) electrons. The Bertz CT molecular complexity index is 997. The van der Waals surface area contributed by atoms with Crippen molar-refractivity contribution in [3.05, 3.63) is 59.7 Å². The fourth-order valence-electron chi connectivity index (χ4n) is 3.91. The van der Waals surface area contributed by atoms with Gasteiger partial charge in [-0.15, -0.1) is 37.2 Å². The predicted octanol–water partition coefficient (Wildman–Crippen LogP) is 5.70. The number of halogens is 3. The number of aryl methyl sites for hydroxylation is 1. The van der Waals surface area contributed by atoms with Gasteiger partial charge in [-0.2, -0.15) is 0 Å². The van der Waals surface area contributed by atoms with Crippen molar-refractivity contribution in [3.63, 3.8) is 0 Å². The summed E-state index contributed by atoms with van der Waals surface area (Å²) >= 11 is 0. The van der Waals surface area contributed by atoms with Crippen LogP contribution in [-0.4, -0.2) is 27.0 Å². The van der Waals surface area contributed by atoms with Crippen LogP contribution in [0.3, 0.4) is 0 Å². The zero-order valence-electron chi connectivity index (χ0n) is 17.7. The number of rotatable bonds is 4. The lowest BCUT2D eigenvalue weighted by molar-refractivity contribution is 0.314. The molecule has 168 valence electrons. The third kappa shape index (κ3) is 6.78. The Hall–Kier alpha value is -1.92. The van der Waals surface area contributed by atoms with Gasteiger partial charge < -0.3 is 11.1 Å². The monoisotopic (exact) mass is 481 g/mol. The molecular weight excluding hydrogens is 453 g/mol. The first-order valence-corrected chi connectivity index (χ1v) is 9.98. The molecule has 2 aromatic heterocycles. The van der Waals surface area contributed by atoms with Gasteiger partial charge in [0.1, 0.15) is 5.82 Å². The van der Waals surface area contributed by atoms with Crippen LogP contribution in [0.25, 0.3) is 23.1 Å². The lowest BCUT2D eigenvalue weighted by Crippen LogP contribution is -2.39. The minimum absolute atomic E-state index is 0. The first-order valence-electron chi connectivity index (χ1n) is 9.98. The van der Waals surface area contributed by atoms with Crippen molar-refractivity contribution in [2.75, 3.05) is 5.32 Å². The maximum atomic E-state index is 6.14. The van der Waals surface area contributed by atoms with Gasteiger partial charge in [0.15, 0.2) is 5.82 Å². The van der Waals surface area contributed by atoms with Gasteiger partial charge in [0.25, 0.3) is 0 Å². The van der Waals surface area contributed by atoms with Gasteiger partial charge in [-0.3, -0.25) is 4.98 Å². The molecule has 3 aromatic rings. The van der Waals surface area contributed by atoms with Crippen LogP contribution in [0.15, 0.2) is 42.6 Å². The second-order valence-corrected chi connectivity index (χ2v) is 7.84. The largest absolute Gasteiger partial charge is 0.366 e. The van der Waals surface area contributed by atoms with Crippen molar-refractivity contribution in [1.29, 1.82) is 0 Å². The summed E-state index contributed by atoms with van der Waals surface area (Å²) in [5, 5.41) is 4.77. The number of benzene rings is 1. The van der Waals surface area contributed by atoms with Gasteiger partial charge in [0.05, 0.1) is 11.2 Å².